The summed E-state index contributed by atoms with van der Waals surface area (Å²) in [7, 11) is -2.21. The topological polar surface area (TPSA) is 62.7 Å². The molecule has 31 heavy (non-hydrogen) atoms. The molecule has 0 bridgehead atoms. The summed E-state index contributed by atoms with van der Waals surface area (Å²) in [6.45, 7) is 0.847. The maximum absolute atomic E-state index is 13.3. The first kappa shape index (κ1) is 21.4. The van der Waals surface area contributed by atoms with Gasteiger partial charge in [0, 0.05) is 37.3 Å². The summed E-state index contributed by atoms with van der Waals surface area (Å²) >= 11 is 0. The number of rotatable bonds is 4. The molecule has 0 aliphatic carbocycles. The first-order chi connectivity index (χ1) is 14.7. The van der Waals surface area contributed by atoms with Crippen molar-refractivity contribution in [3.63, 3.8) is 0 Å². The molecule has 6 nitrogen and oxygen atoms in total. The van der Waals surface area contributed by atoms with Crippen LogP contribution in [0, 0.1) is 0 Å². The average Bonchev–Trinajstić information content (AvgIpc) is 2.78. The lowest BCUT2D eigenvalue weighted by atomic mass is 10.1. The minimum Gasteiger partial charge on any atom is -0.497 e. The molecule has 1 fully saturated rings. The van der Waals surface area contributed by atoms with E-state index < -0.39 is 21.9 Å². The van der Waals surface area contributed by atoms with Gasteiger partial charge in [-0.25, -0.2) is 13.4 Å². The van der Waals surface area contributed by atoms with Crippen LogP contribution in [0.5, 0.6) is 5.75 Å². The minimum absolute atomic E-state index is 0.149. The molecule has 0 amide bonds. The summed E-state index contributed by atoms with van der Waals surface area (Å²) in [4.78, 5) is 5.67. The normalized spacial score (nSPS) is 15.9. The van der Waals surface area contributed by atoms with Crippen LogP contribution in [0.25, 0.3) is 10.9 Å². The average molecular weight is 451 g/mol. The predicted octanol–water partition coefficient (Wildman–Crippen LogP) is 3.77. The van der Waals surface area contributed by atoms with Crippen molar-refractivity contribution < 1.29 is 26.3 Å². The Morgan fingerprint density at radius 3 is 2.23 bits per heavy atom. The monoisotopic (exact) mass is 451 g/mol. The van der Waals surface area contributed by atoms with Crippen LogP contribution < -0.4 is 9.64 Å². The number of hydrogen-bond donors (Lipinski definition) is 0. The lowest BCUT2D eigenvalue weighted by molar-refractivity contribution is -0.140. The van der Waals surface area contributed by atoms with E-state index in [4.69, 9.17) is 4.74 Å². The second-order valence-electron chi connectivity index (χ2n) is 7.11. The van der Waals surface area contributed by atoms with Gasteiger partial charge in [-0.1, -0.05) is 18.2 Å². The number of methoxy groups -OCH3 is 1. The van der Waals surface area contributed by atoms with E-state index in [0.717, 1.165) is 6.07 Å². The fourth-order valence-electron chi connectivity index (χ4n) is 3.63. The number of para-hydroxylation sites is 1. The van der Waals surface area contributed by atoms with E-state index in [0.29, 0.717) is 16.8 Å². The summed E-state index contributed by atoms with van der Waals surface area (Å²) in [6.07, 6.45) is -4.57. The van der Waals surface area contributed by atoms with Gasteiger partial charge < -0.3 is 9.64 Å². The number of sulfonamides is 1. The lowest BCUT2D eigenvalue weighted by Crippen LogP contribution is -2.48. The summed E-state index contributed by atoms with van der Waals surface area (Å²) in [6, 6.07) is 13.8. The predicted molar refractivity (Wildman–Crippen MR) is 111 cm³/mol. The number of ether oxygens (including phenoxy) is 1. The van der Waals surface area contributed by atoms with Gasteiger partial charge in [0.2, 0.25) is 10.0 Å². The van der Waals surface area contributed by atoms with E-state index in [1.807, 2.05) is 0 Å². The smallest absolute Gasteiger partial charge is 0.433 e. The number of fused-ring (bicyclic) bond motifs is 1. The van der Waals surface area contributed by atoms with E-state index in [1.165, 1.54) is 23.5 Å². The van der Waals surface area contributed by atoms with E-state index in [9.17, 15) is 21.6 Å². The molecule has 2 heterocycles. The Labute approximate surface area is 177 Å². The molecular formula is C21H20F3N3O3S. The third-order valence-corrected chi connectivity index (χ3v) is 7.17. The van der Waals surface area contributed by atoms with Gasteiger partial charge >= 0.3 is 6.18 Å². The molecule has 1 aliphatic rings. The number of halogens is 3. The summed E-state index contributed by atoms with van der Waals surface area (Å²) in [5.41, 5.74) is -0.311. The molecule has 0 atom stereocenters. The fraction of sp³-hybridized carbons (Fsp3) is 0.286. The molecule has 0 saturated carbocycles. The molecular weight excluding hydrogens is 431 g/mol. The maximum Gasteiger partial charge on any atom is 0.433 e. The van der Waals surface area contributed by atoms with E-state index in [-0.39, 0.29) is 36.6 Å². The van der Waals surface area contributed by atoms with Crippen LogP contribution in [0.15, 0.2) is 59.5 Å². The van der Waals surface area contributed by atoms with E-state index in [2.05, 4.69) is 4.98 Å². The van der Waals surface area contributed by atoms with Crippen molar-refractivity contribution in [2.75, 3.05) is 38.2 Å². The summed E-state index contributed by atoms with van der Waals surface area (Å²) in [5.74, 6) is 0.550. The Balaban J connectivity index is 1.59. The third kappa shape index (κ3) is 4.17. The van der Waals surface area contributed by atoms with Crippen LogP contribution in [0.1, 0.15) is 5.69 Å². The largest absolute Gasteiger partial charge is 0.497 e. The van der Waals surface area contributed by atoms with Gasteiger partial charge in [-0.3, -0.25) is 0 Å². The van der Waals surface area contributed by atoms with Crippen LogP contribution in [0.4, 0.5) is 18.9 Å². The second kappa shape index (κ2) is 8.01. The molecule has 164 valence electrons. The number of anilines is 1. The summed E-state index contributed by atoms with van der Waals surface area (Å²) < 4.78 is 72.3. The molecule has 0 unspecified atom stereocenters. The van der Waals surface area contributed by atoms with Crippen molar-refractivity contribution in [2.24, 2.45) is 0 Å². The number of benzene rings is 2. The molecule has 0 N–H and O–H groups in total. The number of pyridine rings is 1. The highest BCUT2D eigenvalue weighted by atomic mass is 32.2. The van der Waals surface area contributed by atoms with Gasteiger partial charge in [0.1, 0.15) is 11.4 Å². The van der Waals surface area contributed by atoms with Crippen LogP contribution in [0.3, 0.4) is 0 Å². The minimum atomic E-state index is -4.57. The van der Waals surface area contributed by atoms with Gasteiger partial charge in [0.25, 0.3) is 0 Å². The van der Waals surface area contributed by atoms with Gasteiger partial charge in [0.15, 0.2) is 0 Å². The Bertz CT molecular complexity index is 1190. The zero-order chi connectivity index (χ0) is 22.2. The molecule has 2 aromatic carbocycles. The Hall–Kier alpha value is -2.85. The first-order valence-corrected chi connectivity index (χ1v) is 11.0. The molecule has 10 heteroatoms. The van der Waals surface area contributed by atoms with E-state index >= 15 is 0 Å². The highest BCUT2D eigenvalue weighted by molar-refractivity contribution is 7.89. The molecule has 4 rings (SSSR count). The number of piperazine rings is 1. The lowest BCUT2D eigenvalue weighted by Gasteiger charge is -2.36. The highest BCUT2D eigenvalue weighted by Gasteiger charge is 2.35. The zero-order valence-electron chi connectivity index (χ0n) is 16.6. The summed E-state index contributed by atoms with van der Waals surface area (Å²) in [5, 5.41) is 0.599. The quantitative estimate of drug-likeness (QED) is 0.604. The van der Waals surface area contributed by atoms with Gasteiger partial charge in [0.05, 0.1) is 17.5 Å². The highest BCUT2D eigenvalue weighted by Crippen LogP contribution is 2.35. The van der Waals surface area contributed by atoms with Crippen LogP contribution in [-0.4, -0.2) is 51.0 Å². The fourth-order valence-corrected chi connectivity index (χ4v) is 5.05. The number of nitrogens with zero attached hydrogens (tertiary/aromatic N) is 3. The van der Waals surface area contributed by atoms with Crippen molar-refractivity contribution >= 4 is 26.6 Å². The molecule has 0 radical (unpaired) electrons. The Kier molecular flexibility index (Phi) is 5.52. The third-order valence-electron chi connectivity index (χ3n) is 5.26. The van der Waals surface area contributed by atoms with Crippen molar-refractivity contribution in [1.82, 2.24) is 9.29 Å². The second-order valence-corrected chi connectivity index (χ2v) is 9.05. The molecule has 0 spiro atoms. The SMILES string of the molecule is COc1ccc(S(=O)(=O)N2CCN(c3cc(C(F)(F)F)nc4ccccc34)CC2)cc1. The Morgan fingerprint density at radius 2 is 1.61 bits per heavy atom. The van der Waals surface area contributed by atoms with Gasteiger partial charge in [-0.15, -0.1) is 0 Å². The van der Waals surface area contributed by atoms with Crippen LogP contribution in [0.2, 0.25) is 0 Å². The number of hydrogen-bond acceptors (Lipinski definition) is 5. The zero-order valence-corrected chi connectivity index (χ0v) is 17.4. The molecule has 3 aromatic rings. The Morgan fingerprint density at radius 1 is 0.968 bits per heavy atom. The number of alkyl halides is 3. The molecule has 1 aromatic heterocycles. The van der Waals surface area contributed by atoms with Crippen LogP contribution in [-0.2, 0) is 16.2 Å². The number of aromatic nitrogens is 1. The van der Waals surface area contributed by atoms with Crippen molar-refractivity contribution in [1.29, 1.82) is 0 Å². The van der Waals surface area contributed by atoms with E-state index in [1.54, 1.807) is 41.3 Å². The van der Waals surface area contributed by atoms with Gasteiger partial charge in [-0.2, -0.15) is 17.5 Å². The molecule has 1 saturated heterocycles. The van der Waals surface area contributed by atoms with Crippen molar-refractivity contribution in [2.45, 2.75) is 11.1 Å². The maximum atomic E-state index is 13.3. The standard InChI is InChI=1S/C21H20F3N3O3S/c1-30-15-6-8-16(9-7-15)31(28,29)27-12-10-26(11-13-27)19-14-20(21(22,23)24)25-18-5-3-2-4-17(18)19/h2-9,14H,10-13H2,1H3. The molecule has 1 aliphatic heterocycles. The van der Waals surface area contributed by atoms with Crippen molar-refractivity contribution in [3.05, 3.63) is 60.3 Å². The van der Waals surface area contributed by atoms with Gasteiger partial charge in [-0.05, 0) is 36.4 Å². The first-order valence-electron chi connectivity index (χ1n) is 9.56. The van der Waals surface area contributed by atoms with Crippen molar-refractivity contribution in [3.8, 4) is 5.75 Å². The van der Waals surface area contributed by atoms with Crippen LogP contribution >= 0.6 is 0 Å².